The van der Waals surface area contributed by atoms with Gasteiger partial charge in [-0.25, -0.2) is 19.2 Å². The number of hydrogen-bond donors (Lipinski definition) is 1. The van der Waals surface area contributed by atoms with E-state index in [9.17, 15) is 9.18 Å². The van der Waals surface area contributed by atoms with Crippen LogP contribution >= 0.6 is 11.6 Å². The number of amides is 1. The molecule has 1 N–H and O–H groups in total. The van der Waals surface area contributed by atoms with Crippen molar-refractivity contribution in [3.8, 4) is 11.5 Å². The third-order valence-electron chi connectivity index (χ3n) is 6.43. The number of aromatic nitrogens is 2. The van der Waals surface area contributed by atoms with E-state index in [4.69, 9.17) is 25.8 Å². The molecular formula is C29H33ClFN3O4. The summed E-state index contributed by atoms with van der Waals surface area (Å²) >= 11 is 5.74. The number of hydrogen-bond acceptors (Lipinski definition) is 6. The monoisotopic (exact) mass is 541 g/mol. The molecule has 0 bridgehead atoms. The normalized spacial score (nSPS) is 17.3. The van der Waals surface area contributed by atoms with Gasteiger partial charge in [-0.1, -0.05) is 38.1 Å². The van der Waals surface area contributed by atoms with Gasteiger partial charge in [0.25, 0.3) is 0 Å². The van der Waals surface area contributed by atoms with E-state index in [0.717, 1.165) is 35.9 Å². The molecule has 0 radical (unpaired) electrons. The van der Waals surface area contributed by atoms with Gasteiger partial charge in [0.15, 0.2) is 5.82 Å². The summed E-state index contributed by atoms with van der Waals surface area (Å²) in [4.78, 5) is 19.4. The number of nitrogens with zero attached hydrogens (tertiary/aromatic N) is 2. The highest BCUT2D eigenvalue weighted by atomic mass is 35.5. The standard InChI is InChI=1S/C29H33ClFN3O4/c1-28(2,3)38-27(35)33-20-14-23(15-20)37-22-12-8-19(9-13-22)29(4,5)18-6-10-21(11-7-18)36-17-25-24(31)16-32-26(30)34-25/h6-13,16,20,23H,14-15,17H2,1-5H3,(H,33,35). The first kappa shape index (κ1) is 27.6. The van der Waals surface area contributed by atoms with Gasteiger partial charge in [-0.2, -0.15) is 0 Å². The topological polar surface area (TPSA) is 82.6 Å². The van der Waals surface area contributed by atoms with Crippen LogP contribution in [-0.4, -0.2) is 33.8 Å². The van der Waals surface area contributed by atoms with E-state index in [2.05, 4.69) is 41.3 Å². The second-order valence-electron chi connectivity index (χ2n) is 11.0. The smallest absolute Gasteiger partial charge is 0.407 e. The van der Waals surface area contributed by atoms with E-state index in [0.29, 0.717) is 5.75 Å². The summed E-state index contributed by atoms with van der Waals surface area (Å²) in [6.07, 6.45) is 2.20. The molecule has 0 saturated heterocycles. The van der Waals surface area contributed by atoms with E-state index in [-0.39, 0.29) is 35.1 Å². The quantitative estimate of drug-likeness (QED) is 0.323. The van der Waals surface area contributed by atoms with Crippen molar-refractivity contribution in [2.24, 2.45) is 0 Å². The number of alkyl carbamates (subject to hydrolysis) is 1. The van der Waals surface area contributed by atoms with Gasteiger partial charge in [0, 0.05) is 24.3 Å². The molecule has 1 saturated carbocycles. The summed E-state index contributed by atoms with van der Waals surface area (Å²) in [5, 5.41) is 2.86. The molecule has 9 heteroatoms. The van der Waals surface area contributed by atoms with Gasteiger partial charge >= 0.3 is 6.09 Å². The molecular weight excluding hydrogens is 509 g/mol. The third kappa shape index (κ3) is 7.13. The van der Waals surface area contributed by atoms with Crippen molar-refractivity contribution >= 4 is 17.7 Å². The average Bonchev–Trinajstić information content (AvgIpc) is 2.82. The molecule has 1 aliphatic rings. The lowest BCUT2D eigenvalue weighted by molar-refractivity contribution is 0.0363. The van der Waals surface area contributed by atoms with E-state index in [1.54, 1.807) is 0 Å². The molecule has 4 rings (SSSR count). The van der Waals surface area contributed by atoms with E-state index >= 15 is 0 Å². The van der Waals surface area contributed by atoms with Gasteiger partial charge in [-0.15, -0.1) is 0 Å². The molecule has 1 heterocycles. The maximum atomic E-state index is 13.8. The molecule has 1 amide bonds. The van der Waals surface area contributed by atoms with Crippen LogP contribution in [0.3, 0.4) is 0 Å². The van der Waals surface area contributed by atoms with Crippen LogP contribution < -0.4 is 14.8 Å². The minimum Gasteiger partial charge on any atom is -0.490 e. The molecule has 3 aromatic rings. The molecule has 7 nitrogen and oxygen atoms in total. The van der Waals surface area contributed by atoms with Crippen LogP contribution in [0.1, 0.15) is 64.3 Å². The Morgan fingerprint density at radius 3 is 2.16 bits per heavy atom. The zero-order valence-corrected chi connectivity index (χ0v) is 23.0. The Morgan fingerprint density at radius 2 is 1.58 bits per heavy atom. The SMILES string of the molecule is CC(C)(C)OC(=O)NC1CC(Oc2ccc(C(C)(C)c3ccc(OCc4nc(Cl)ncc4F)cc3)cc2)C1. The summed E-state index contributed by atoms with van der Waals surface area (Å²) in [6.45, 7) is 9.79. The number of halogens is 2. The first-order valence-electron chi connectivity index (χ1n) is 12.6. The van der Waals surface area contributed by atoms with Gasteiger partial charge in [0.2, 0.25) is 5.28 Å². The molecule has 38 heavy (non-hydrogen) atoms. The fourth-order valence-corrected chi connectivity index (χ4v) is 4.31. The fourth-order valence-electron chi connectivity index (χ4n) is 4.16. The Labute approximate surface area is 227 Å². The number of nitrogens with one attached hydrogen (secondary N) is 1. The fraction of sp³-hybridized carbons (Fsp3) is 0.414. The van der Waals surface area contributed by atoms with Gasteiger partial charge in [0.1, 0.15) is 35.5 Å². The van der Waals surface area contributed by atoms with Crippen LogP contribution in [0.2, 0.25) is 5.28 Å². The lowest BCUT2D eigenvalue weighted by Gasteiger charge is -2.36. The second-order valence-corrected chi connectivity index (χ2v) is 11.3. The Balaban J connectivity index is 1.29. The highest BCUT2D eigenvalue weighted by Crippen LogP contribution is 2.34. The van der Waals surface area contributed by atoms with Crippen LogP contribution in [0, 0.1) is 5.82 Å². The number of carbonyl (C=O) groups is 1. The molecule has 2 aromatic carbocycles. The Bertz CT molecular complexity index is 1250. The first-order valence-corrected chi connectivity index (χ1v) is 12.9. The largest absolute Gasteiger partial charge is 0.490 e. The predicted molar refractivity (Wildman–Crippen MR) is 143 cm³/mol. The van der Waals surface area contributed by atoms with E-state index in [1.807, 2.05) is 57.2 Å². The van der Waals surface area contributed by atoms with Gasteiger partial charge in [0.05, 0.1) is 6.20 Å². The number of benzene rings is 2. The Morgan fingerprint density at radius 1 is 1.00 bits per heavy atom. The molecule has 202 valence electrons. The van der Waals surface area contributed by atoms with Crippen LogP contribution in [0.15, 0.2) is 54.7 Å². The molecule has 0 atom stereocenters. The maximum Gasteiger partial charge on any atom is 0.407 e. The van der Waals surface area contributed by atoms with Crippen LogP contribution in [0.25, 0.3) is 0 Å². The Hall–Kier alpha value is -3.39. The van der Waals surface area contributed by atoms with E-state index in [1.165, 1.54) is 0 Å². The molecule has 0 unspecified atom stereocenters. The lowest BCUT2D eigenvalue weighted by Crippen LogP contribution is -2.50. The molecule has 0 spiro atoms. The number of carbonyl (C=O) groups excluding carboxylic acids is 1. The third-order valence-corrected chi connectivity index (χ3v) is 6.62. The highest BCUT2D eigenvalue weighted by molar-refractivity contribution is 6.28. The van der Waals surface area contributed by atoms with Crippen LogP contribution in [0.5, 0.6) is 11.5 Å². The zero-order valence-electron chi connectivity index (χ0n) is 22.3. The second kappa shape index (κ2) is 11.2. The lowest BCUT2D eigenvalue weighted by atomic mass is 9.78. The van der Waals surface area contributed by atoms with Crippen molar-refractivity contribution in [1.29, 1.82) is 0 Å². The maximum absolute atomic E-state index is 13.8. The van der Waals surface area contributed by atoms with E-state index < -0.39 is 17.5 Å². The average molecular weight is 542 g/mol. The zero-order chi connectivity index (χ0) is 27.5. The molecule has 1 aromatic heterocycles. The van der Waals surface area contributed by atoms with Gasteiger partial charge in [-0.05, 0) is 67.8 Å². The number of rotatable bonds is 8. The summed E-state index contributed by atoms with van der Waals surface area (Å²) in [7, 11) is 0. The van der Waals surface area contributed by atoms with Gasteiger partial charge < -0.3 is 19.5 Å². The summed E-state index contributed by atoms with van der Waals surface area (Å²) in [6, 6.07) is 15.9. The Kier molecular flexibility index (Phi) is 8.11. The molecule has 1 fully saturated rings. The van der Waals surface area contributed by atoms with Crippen molar-refractivity contribution in [3.63, 3.8) is 0 Å². The number of ether oxygens (including phenoxy) is 3. The van der Waals surface area contributed by atoms with Crippen LogP contribution in [0.4, 0.5) is 9.18 Å². The van der Waals surface area contributed by atoms with Crippen molar-refractivity contribution in [1.82, 2.24) is 15.3 Å². The summed E-state index contributed by atoms with van der Waals surface area (Å²) < 4.78 is 30.9. The molecule has 0 aliphatic heterocycles. The minimum atomic E-state index is -0.561. The van der Waals surface area contributed by atoms with Crippen molar-refractivity contribution in [3.05, 3.63) is 82.6 Å². The highest BCUT2D eigenvalue weighted by Gasteiger charge is 2.33. The first-order chi connectivity index (χ1) is 17.9. The van der Waals surface area contributed by atoms with Crippen molar-refractivity contribution in [2.45, 2.75) is 77.2 Å². The van der Waals surface area contributed by atoms with Crippen molar-refractivity contribution < 1.29 is 23.4 Å². The van der Waals surface area contributed by atoms with Crippen molar-refractivity contribution in [2.75, 3.05) is 0 Å². The minimum absolute atomic E-state index is 0.0226. The van der Waals surface area contributed by atoms with Crippen LogP contribution in [-0.2, 0) is 16.8 Å². The summed E-state index contributed by atoms with van der Waals surface area (Å²) in [5.74, 6) is 0.836. The van der Waals surface area contributed by atoms with Gasteiger partial charge in [-0.3, -0.25) is 0 Å². The predicted octanol–water partition coefficient (Wildman–Crippen LogP) is 6.61. The summed E-state index contributed by atoms with van der Waals surface area (Å²) in [5.41, 5.74) is 1.57. The molecule has 1 aliphatic carbocycles.